The van der Waals surface area contributed by atoms with Crippen molar-refractivity contribution in [3.63, 3.8) is 0 Å². The number of hydrogen-bond acceptors (Lipinski definition) is 3. The first kappa shape index (κ1) is 11.7. The summed E-state index contributed by atoms with van der Waals surface area (Å²) in [4.78, 5) is 0. The third-order valence-corrected chi connectivity index (χ3v) is 2.92. The van der Waals surface area contributed by atoms with E-state index in [2.05, 4.69) is 17.2 Å². The van der Waals surface area contributed by atoms with Gasteiger partial charge in [0.2, 0.25) is 0 Å². The number of aliphatic hydroxyl groups excluding tert-OH is 1. The topological polar surface area (TPSA) is 64.1 Å². The van der Waals surface area contributed by atoms with Crippen molar-refractivity contribution in [2.24, 2.45) is 7.05 Å². The summed E-state index contributed by atoms with van der Waals surface area (Å²) in [7, 11) is 1.77. The van der Waals surface area contributed by atoms with Crippen LogP contribution in [-0.2, 0) is 13.5 Å². The van der Waals surface area contributed by atoms with E-state index in [0.717, 1.165) is 6.42 Å². The summed E-state index contributed by atoms with van der Waals surface area (Å²) in [6.45, 7) is 0. The molecule has 1 atom stereocenters. The van der Waals surface area contributed by atoms with Crippen molar-refractivity contribution < 1.29 is 5.11 Å². The molecule has 2 aromatic rings. The Bertz CT molecular complexity index is 479. The van der Waals surface area contributed by atoms with Gasteiger partial charge in [0.25, 0.3) is 0 Å². The lowest BCUT2D eigenvalue weighted by atomic mass is 10.0. The zero-order valence-electron chi connectivity index (χ0n) is 9.87. The molecule has 0 saturated carbocycles. The van der Waals surface area contributed by atoms with Crippen LogP contribution in [0.5, 0.6) is 0 Å². The van der Waals surface area contributed by atoms with E-state index in [0.29, 0.717) is 17.8 Å². The molecular formula is C13H17N3O. The lowest BCUT2D eigenvalue weighted by Crippen LogP contribution is -2.04. The van der Waals surface area contributed by atoms with Crippen molar-refractivity contribution in [3.05, 3.63) is 47.7 Å². The van der Waals surface area contributed by atoms with E-state index < -0.39 is 6.10 Å². The first-order valence-corrected chi connectivity index (χ1v) is 5.68. The third kappa shape index (κ3) is 2.65. The Morgan fingerprint density at radius 2 is 2.06 bits per heavy atom. The molecule has 0 saturated heterocycles. The van der Waals surface area contributed by atoms with Crippen molar-refractivity contribution in [1.82, 2.24) is 9.78 Å². The molecule has 1 heterocycles. The molecule has 0 bridgehead atoms. The minimum atomic E-state index is -0.552. The third-order valence-electron chi connectivity index (χ3n) is 2.92. The van der Waals surface area contributed by atoms with E-state index in [-0.39, 0.29) is 0 Å². The summed E-state index contributed by atoms with van der Waals surface area (Å²) in [6, 6.07) is 10.1. The van der Waals surface area contributed by atoms with Crippen molar-refractivity contribution in [2.45, 2.75) is 18.9 Å². The lowest BCUT2D eigenvalue weighted by Gasteiger charge is -2.09. The van der Waals surface area contributed by atoms with Gasteiger partial charge < -0.3 is 10.8 Å². The Morgan fingerprint density at radius 1 is 1.35 bits per heavy atom. The standard InChI is InChI=1S/C13H17N3O/c1-16-13(14)11(9-15-16)12(17)8-7-10-5-3-2-4-6-10/h2-6,9,12,17H,7-8,14H2,1H3. The second-order valence-electron chi connectivity index (χ2n) is 4.15. The van der Waals surface area contributed by atoms with Gasteiger partial charge >= 0.3 is 0 Å². The molecule has 0 aliphatic carbocycles. The van der Waals surface area contributed by atoms with E-state index in [9.17, 15) is 5.11 Å². The van der Waals surface area contributed by atoms with E-state index in [1.165, 1.54) is 5.56 Å². The number of nitrogens with two attached hydrogens (primary N) is 1. The maximum absolute atomic E-state index is 10.0. The molecule has 3 N–H and O–H groups in total. The number of aromatic nitrogens is 2. The predicted octanol–water partition coefficient (Wildman–Crippen LogP) is 1.67. The van der Waals surface area contributed by atoms with Crippen molar-refractivity contribution >= 4 is 5.82 Å². The molecular weight excluding hydrogens is 214 g/mol. The van der Waals surface area contributed by atoms with Crippen LogP contribution >= 0.6 is 0 Å². The van der Waals surface area contributed by atoms with Gasteiger partial charge in [-0.25, -0.2) is 0 Å². The van der Waals surface area contributed by atoms with E-state index >= 15 is 0 Å². The van der Waals surface area contributed by atoms with Gasteiger partial charge in [-0.2, -0.15) is 5.10 Å². The molecule has 90 valence electrons. The Labute approximate surface area is 101 Å². The van der Waals surface area contributed by atoms with E-state index in [1.807, 2.05) is 18.2 Å². The summed E-state index contributed by atoms with van der Waals surface area (Å²) in [5, 5.41) is 14.1. The average Bonchev–Trinajstić information content (AvgIpc) is 2.69. The molecule has 0 aliphatic heterocycles. The first-order valence-electron chi connectivity index (χ1n) is 5.68. The fourth-order valence-electron chi connectivity index (χ4n) is 1.82. The van der Waals surface area contributed by atoms with Crippen LogP contribution < -0.4 is 5.73 Å². The highest BCUT2D eigenvalue weighted by molar-refractivity contribution is 5.40. The van der Waals surface area contributed by atoms with Gasteiger partial charge in [-0.1, -0.05) is 30.3 Å². The number of aryl methyl sites for hydroxylation is 2. The summed E-state index contributed by atoms with van der Waals surface area (Å²) >= 11 is 0. The molecule has 1 aromatic heterocycles. The Hall–Kier alpha value is -1.81. The summed E-state index contributed by atoms with van der Waals surface area (Å²) < 4.78 is 1.57. The largest absolute Gasteiger partial charge is 0.388 e. The zero-order chi connectivity index (χ0) is 12.3. The molecule has 1 aromatic carbocycles. The Balaban J connectivity index is 1.98. The number of nitrogen functional groups attached to an aromatic ring is 1. The van der Waals surface area contributed by atoms with Crippen LogP contribution in [0.3, 0.4) is 0 Å². The van der Waals surface area contributed by atoms with Crippen LogP contribution in [0.25, 0.3) is 0 Å². The highest BCUT2D eigenvalue weighted by Crippen LogP contribution is 2.23. The van der Waals surface area contributed by atoms with E-state index in [4.69, 9.17) is 5.73 Å². The molecule has 2 rings (SSSR count). The molecule has 0 amide bonds. The Kier molecular flexibility index (Phi) is 3.44. The molecule has 0 fully saturated rings. The quantitative estimate of drug-likeness (QED) is 0.841. The van der Waals surface area contributed by atoms with Gasteiger partial charge in [0.05, 0.1) is 12.3 Å². The number of nitrogens with zero attached hydrogens (tertiary/aromatic N) is 2. The van der Waals surface area contributed by atoms with Crippen LogP contribution in [-0.4, -0.2) is 14.9 Å². The molecule has 17 heavy (non-hydrogen) atoms. The number of anilines is 1. The second kappa shape index (κ2) is 5.01. The maximum Gasteiger partial charge on any atom is 0.127 e. The molecule has 4 heteroatoms. The van der Waals surface area contributed by atoms with Crippen LogP contribution in [0.2, 0.25) is 0 Å². The first-order chi connectivity index (χ1) is 8.18. The molecule has 0 spiro atoms. The molecule has 0 aliphatic rings. The molecule has 0 radical (unpaired) electrons. The molecule has 1 unspecified atom stereocenters. The maximum atomic E-state index is 10.0. The lowest BCUT2D eigenvalue weighted by molar-refractivity contribution is 0.168. The van der Waals surface area contributed by atoms with Gasteiger partial charge in [0, 0.05) is 12.6 Å². The minimum absolute atomic E-state index is 0.533. The summed E-state index contributed by atoms with van der Waals surface area (Å²) in [5.74, 6) is 0.533. The fourth-order valence-corrected chi connectivity index (χ4v) is 1.82. The summed E-state index contributed by atoms with van der Waals surface area (Å²) in [6.07, 6.45) is 2.56. The predicted molar refractivity (Wildman–Crippen MR) is 67.3 cm³/mol. The van der Waals surface area contributed by atoms with Gasteiger partial charge in [-0.05, 0) is 18.4 Å². The van der Waals surface area contributed by atoms with Gasteiger partial charge in [-0.15, -0.1) is 0 Å². The number of rotatable bonds is 4. The van der Waals surface area contributed by atoms with E-state index in [1.54, 1.807) is 17.9 Å². The van der Waals surface area contributed by atoms with Crippen molar-refractivity contribution in [2.75, 3.05) is 5.73 Å². The van der Waals surface area contributed by atoms with Gasteiger partial charge in [0.15, 0.2) is 0 Å². The SMILES string of the molecule is Cn1ncc(C(O)CCc2ccccc2)c1N. The second-order valence-corrected chi connectivity index (χ2v) is 4.15. The monoisotopic (exact) mass is 231 g/mol. The number of benzene rings is 1. The van der Waals surface area contributed by atoms with Crippen molar-refractivity contribution in [3.8, 4) is 0 Å². The van der Waals surface area contributed by atoms with Crippen LogP contribution in [0.15, 0.2) is 36.5 Å². The van der Waals surface area contributed by atoms with Crippen LogP contribution in [0, 0.1) is 0 Å². The average molecular weight is 231 g/mol. The Morgan fingerprint density at radius 3 is 2.65 bits per heavy atom. The summed E-state index contributed by atoms with van der Waals surface area (Å²) in [5.41, 5.74) is 7.74. The van der Waals surface area contributed by atoms with Gasteiger partial charge in [0.1, 0.15) is 5.82 Å². The minimum Gasteiger partial charge on any atom is -0.388 e. The highest BCUT2D eigenvalue weighted by Gasteiger charge is 2.14. The smallest absolute Gasteiger partial charge is 0.127 e. The number of aliphatic hydroxyl groups is 1. The zero-order valence-corrected chi connectivity index (χ0v) is 9.87. The fraction of sp³-hybridized carbons (Fsp3) is 0.308. The molecule has 4 nitrogen and oxygen atoms in total. The van der Waals surface area contributed by atoms with Crippen molar-refractivity contribution in [1.29, 1.82) is 0 Å². The van der Waals surface area contributed by atoms with Gasteiger partial charge in [-0.3, -0.25) is 4.68 Å². The highest BCUT2D eigenvalue weighted by atomic mass is 16.3. The van der Waals surface area contributed by atoms with Crippen LogP contribution in [0.4, 0.5) is 5.82 Å². The van der Waals surface area contributed by atoms with Crippen LogP contribution in [0.1, 0.15) is 23.7 Å². The number of hydrogen-bond donors (Lipinski definition) is 2. The normalized spacial score (nSPS) is 12.6.